The SMILES string of the molecule is CCOc1ccccc1NC(=O)NCc1cc2n(n1)CCNC2.Cl. The van der Waals surface area contributed by atoms with Crippen LogP contribution < -0.4 is 20.7 Å². The Bertz CT molecular complexity index is 665. The molecule has 8 heteroatoms. The molecule has 2 aromatic rings. The molecule has 1 aromatic heterocycles. The number of halogens is 1. The first kappa shape index (κ1) is 18.1. The third kappa shape index (κ3) is 4.39. The lowest BCUT2D eigenvalue weighted by Crippen LogP contribution is -2.29. The van der Waals surface area contributed by atoms with Gasteiger partial charge in [0.1, 0.15) is 5.75 Å². The number of hydrogen-bond donors (Lipinski definition) is 3. The lowest BCUT2D eigenvalue weighted by Gasteiger charge is -2.13. The topological polar surface area (TPSA) is 80.2 Å². The molecule has 3 rings (SSSR count). The lowest BCUT2D eigenvalue weighted by molar-refractivity contribution is 0.251. The maximum atomic E-state index is 12.1. The van der Waals surface area contributed by atoms with Crippen LogP contribution in [0.5, 0.6) is 5.75 Å². The number of amides is 2. The third-order valence-corrected chi connectivity index (χ3v) is 3.59. The fourth-order valence-corrected chi connectivity index (χ4v) is 2.53. The van der Waals surface area contributed by atoms with E-state index in [4.69, 9.17) is 4.74 Å². The number of hydrogen-bond acceptors (Lipinski definition) is 4. The number of carbonyl (C=O) groups is 1. The van der Waals surface area contributed by atoms with Crippen molar-refractivity contribution >= 4 is 24.1 Å². The molecule has 7 nitrogen and oxygen atoms in total. The van der Waals surface area contributed by atoms with Crippen molar-refractivity contribution in [1.82, 2.24) is 20.4 Å². The zero-order valence-electron chi connectivity index (χ0n) is 13.5. The van der Waals surface area contributed by atoms with Gasteiger partial charge in [-0.3, -0.25) is 4.68 Å². The molecule has 1 aliphatic rings. The minimum Gasteiger partial charge on any atom is -0.492 e. The predicted octanol–water partition coefficient (Wildman–Crippen LogP) is 2.13. The monoisotopic (exact) mass is 351 g/mol. The van der Waals surface area contributed by atoms with Gasteiger partial charge in [-0.1, -0.05) is 12.1 Å². The van der Waals surface area contributed by atoms with E-state index in [1.807, 2.05) is 41.9 Å². The number of nitrogens with zero attached hydrogens (tertiary/aromatic N) is 2. The van der Waals surface area contributed by atoms with E-state index in [2.05, 4.69) is 21.0 Å². The van der Waals surface area contributed by atoms with Crippen molar-refractivity contribution in [3.05, 3.63) is 41.7 Å². The van der Waals surface area contributed by atoms with Crippen LogP contribution in [0.1, 0.15) is 18.3 Å². The summed E-state index contributed by atoms with van der Waals surface area (Å²) in [6.07, 6.45) is 0. The van der Waals surface area contributed by atoms with Crippen LogP contribution in [0.25, 0.3) is 0 Å². The number of anilines is 1. The summed E-state index contributed by atoms with van der Waals surface area (Å²) < 4.78 is 7.47. The Labute approximate surface area is 147 Å². The number of carbonyl (C=O) groups excluding carboxylic acids is 1. The molecule has 0 saturated heterocycles. The van der Waals surface area contributed by atoms with Crippen LogP contribution in [0.4, 0.5) is 10.5 Å². The van der Waals surface area contributed by atoms with Crippen LogP contribution in [-0.2, 0) is 19.6 Å². The maximum Gasteiger partial charge on any atom is 0.319 e. The number of aromatic nitrogens is 2. The van der Waals surface area contributed by atoms with Gasteiger partial charge in [-0.05, 0) is 25.1 Å². The van der Waals surface area contributed by atoms with E-state index < -0.39 is 0 Å². The lowest BCUT2D eigenvalue weighted by atomic mass is 10.3. The fraction of sp³-hybridized carbons (Fsp3) is 0.375. The summed E-state index contributed by atoms with van der Waals surface area (Å²) in [5.41, 5.74) is 2.66. The van der Waals surface area contributed by atoms with E-state index in [0.29, 0.717) is 24.6 Å². The van der Waals surface area contributed by atoms with Gasteiger partial charge in [0.05, 0.1) is 36.8 Å². The molecule has 2 heterocycles. The molecule has 0 radical (unpaired) electrons. The number of para-hydroxylation sites is 2. The van der Waals surface area contributed by atoms with Gasteiger partial charge in [0, 0.05) is 13.1 Å². The molecular formula is C16H22ClN5O2. The van der Waals surface area contributed by atoms with Gasteiger partial charge < -0.3 is 20.7 Å². The normalized spacial score (nSPS) is 12.7. The molecular weight excluding hydrogens is 330 g/mol. The van der Waals surface area contributed by atoms with Gasteiger partial charge in [0.25, 0.3) is 0 Å². The first-order valence-corrected chi connectivity index (χ1v) is 7.79. The van der Waals surface area contributed by atoms with E-state index in [9.17, 15) is 4.79 Å². The standard InChI is InChI=1S/C16H21N5O2.ClH/c1-2-23-15-6-4-3-5-14(15)19-16(22)18-10-12-9-13-11-17-7-8-21(13)20-12;/h3-6,9,17H,2,7-8,10-11H2,1H3,(H2,18,19,22);1H. The number of rotatable bonds is 5. The Kier molecular flexibility index (Phi) is 6.45. The van der Waals surface area contributed by atoms with E-state index >= 15 is 0 Å². The molecule has 0 unspecified atom stereocenters. The number of benzene rings is 1. The predicted molar refractivity (Wildman–Crippen MR) is 94.7 cm³/mol. The molecule has 3 N–H and O–H groups in total. The summed E-state index contributed by atoms with van der Waals surface area (Å²) in [6, 6.07) is 9.11. The Hall–Kier alpha value is -2.25. The van der Waals surface area contributed by atoms with Crippen LogP contribution in [0.2, 0.25) is 0 Å². The Morgan fingerprint density at radius 2 is 2.25 bits per heavy atom. The quantitative estimate of drug-likeness (QED) is 0.771. The molecule has 0 saturated carbocycles. The van der Waals surface area contributed by atoms with E-state index in [-0.39, 0.29) is 18.4 Å². The van der Waals surface area contributed by atoms with Crippen LogP contribution in [0.3, 0.4) is 0 Å². The highest BCUT2D eigenvalue weighted by molar-refractivity contribution is 5.90. The van der Waals surface area contributed by atoms with Gasteiger partial charge in [0.15, 0.2) is 0 Å². The van der Waals surface area contributed by atoms with Gasteiger partial charge in [-0.2, -0.15) is 5.10 Å². The smallest absolute Gasteiger partial charge is 0.319 e. The van der Waals surface area contributed by atoms with E-state index in [1.54, 1.807) is 0 Å². The number of ether oxygens (including phenoxy) is 1. The molecule has 0 fully saturated rings. The highest BCUT2D eigenvalue weighted by Crippen LogP contribution is 2.23. The van der Waals surface area contributed by atoms with Crippen molar-refractivity contribution in [1.29, 1.82) is 0 Å². The summed E-state index contributed by atoms with van der Waals surface area (Å²) >= 11 is 0. The zero-order chi connectivity index (χ0) is 16.1. The Morgan fingerprint density at radius 3 is 3.04 bits per heavy atom. The second kappa shape index (κ2) is 8.56. The molecule has 0 spiro atoms. The van der Waals surface area contributed by atoms with Crippen molar-refractivity contribution in [3.63, 3.8) is 0 Å². The molecule has 1 aromatic carbocycles. The number of fused-ring (bicyclic) bond motifs is 1. The first-order valence-electron chi connectivity index (χ1n) is 7.79. The minimum atomic E-state index is -0.277. The summed E-state index contributed by atoms with van der Waals surface area (Å²) in [4.78, 5) is 12.1. The second-order valence-corrected chi connectivity index (χ2v) is 5.26. The molecule has 1 aliphatic heterocycles. The zero-order valence-corrected chi connectivity index (χ0v) is 14.4. The molecule has 0 bridgehead atoms. The molecule has 130 valence electrons. The minimum absolute atomic E-state index is 0. The van der Waals surface area contributed by atoms with Crippen molar-refractivity contribution in [2.24, 2.45) is 0 Å². The summed E-state index contributed by atoms with van der Waals surface area (Å²) in [5, 5.41) is 13.4. The average Bonchev–Trinajstić information content (AvgIpc) is 2.98. The largest absolute Gasteiger partial charge is 0.492 e. The van der Waals surface area contributed by atoms with Gasteiger partial charge in [-0.15, -0.1) is 12.4 Å². The van der Waals surface area contributed by atoms with Gasteiger partial charge in [-0.25, -0.2) is 4.79 Å². The molecule has 24 heavy (non-hydrogen) atoms. The first-order chi connectivity index (χ1) is 11.3. The van der Waals surface area contributed by atoms with Crippen LogP contribution in [0.15, 0.2) is 30.3 Å². The van der Waals surface area contributed by atoms with E-state index in [1.165, 1.54) is 0 Å². The van der Waals surface area contributed by atoms with Crippen LogP contribution in [-0.4, -0.2) is 29.0 Å². The molecule has 0 atom stereocenters. The third-order valence-electron chi connectivity index (χ3n) is 3.59. The maximum absolute atomic E-state index is 12.1. The van der Waals surface area contributed by atoms with Gasteiger partial charge in [0.2, 0.25) is 0 Å². The average molecular weight is 352 g/mol. The Balaban J connectivity index is 0.00000208. The van der Waals surface area contributed by atoms with Crippen LogP contribution in [0, 0.1) is 0 Å². The Morgan fingerprint density at radius 1 is 1.42 bits per heavy atom. The van der Waals surface area contributed by atoms with Crippen LogP contribution >= 0.6 is 12.4 Å². The summed E-state index contributed by atoms with van der Waals surface area (Å²) in [5.74, 6) is 0.661. The molecule has 2 amide bonds. The molecule has 0 aliphatic carbocycles. The highest BCUT2D eigenvalue weighted by Gasteiger charge is 2.12. The second-order valence-electron chi connectivity index (χ2n) is 5.26. The highest BCUT2D eigenvalue weighted by atomic mass is 35.5. The number of nitrogens with one attached hydrogen (secondary N) is 3. The summed E-state index contributed by atoms with van der Waals surface area (Å²) in [6.45, 7) is 5.46. The fourth-order valence-electron chi connectivity index (χ4n) is 2.53. The van der Waals surface area contributed by atoms with Crippen molar-refractivity contribution in [3.8, 4) is 5.75 Å². The van der Waals surface area contributed by atoms with Gasteiger partial charge >= 0.3 is 6.03 Å². The van der Waals surface area contributed by atoms with Crippen molar-refractivity contribution < 1.29 is 9.53 Å². The number of urea groups is 1. The van der Waals surface area contributed by atoms with E-state index in [0.717, 1.165) is 31.0 Å². The van der Waals surface area contributed by atoms with Crippen molar-refractivity contribution in [2.45, 2.75) is 26.6 Å². The van der Waals surface area contributed by atoms with Crippen molar-refractivity contribution in [2.75, 3.05) is 18.5 Å². The summed E-state index contributed by atoms with van der Waals surface area (Å²) in [7, 11) is 0.